The van der Waals surface area contributed by atoms with Crippen molar-refractivity contribution in [3.63, 3.8) is 0 Å². The molecule has 1 aliphatic rings. The lowest BCUT2D eigenvalue weighted by Gasteiger charge is -2.25. The van der Waals surface area contributed by atoms with Gasteiger partial charge in [-0.3, -0.25) is 0 Å². The lowest BCUT2D eigenvalue weighted by atomic mass is 10.1. The lowest BCUT2D eigenvalue weighted by Crippen LogP contribution is -2.43. The first-order valence-corrected chi connectivity index (χ1v) is 6.04. The maximum absolute atomic E-state index is 5.25. The number of aromatic nitrogens is 2. The van der Waals surface area contributed by atoms with Gasteiger partial charge in [-0.05, 0) is 40.5 Å². The summed E-state index contributed by atoms with van der Waals surface area (Å²) >= 11 is 0. The molecule has 16 heavy (non-hydrogen) atoms. The van der Waals surface area contributed by atoms with Crippen LogP contribution in [0.25, 0.3) is 0 Å². The number of nitrogens with one attached hydrogen (secondary N) is 1. The van der Waals surface area contributed by atoms with Gasteiger partial charge in [-0.25, -0.2) is 0 Å². The van der Waals surface area contributed by atoms with Crippen molar-refractivity contribution in [3.8, 4) is 0 Å². The predicted octanol–water partition coefficient (Wildman–Crippen LogP) is 2.27. The van der Waals surface area contributed by atoms with Crippen LogP contribution in [-0.4, -0.2) is 21.7 Å². The number of rotatable bonds is 4. The van der Waals surface area contributed by atoms with Crippen LogP contribution in [0, 0.1) is 0 Å². The molecule has 1 heterocycles. The third-order valence-corrected chi connectivity index (χ3v) is 2.59. The van der Waals surface area contributed by atoms with Crippen molar-refractivity contribution < 1.29 is 4.52 Å². The first-order chi connectivity index (χ1) is 7.44. The second-order valence-electron chi connectivity index (χ2n) is 5.82. The molecular formula is C12H21N3O. The summed E-state index contributed by atoms with van der Waals surface area (Å²) in [4.78, 5) is 4.42. The van der Waals surface area contributed by atoms with Crippen LogP contribution in [0.15, 0.2) is 4.52 Å². The van der Waals surface area contributed by atoms with Gasteiger partial charge in [-0.2, -0.15) is 4.98 Å². The zero-order valence-corrected chi connectivity index (χ0v) is 10.6. The van der Waals surface area contributed by atoms with Crippen molar-refractivity contribution in [2.45, 2.75) is 64.5 Å². The topological polar surface area (TPSA) is 51.0 Å². The van der Waals surface area contributed by atoms with Crippen LogP contribution in [0.4, 0.5) is 0 Å². The Morgan fingerprint density at radius 3 is 2.69 bits per heavy atom. The Bertz CT molecular complexity index is 349. The van der Waals surface area contributed by atoms with E-state index < -0.39 is 0 Å². The fourth-order valence-electron chi connectivity index (χ4n) is 1.91. The summed E-state index contributed by atoms with van der Waals surface area (Å²) in [6, 6.07) is 0.354. The van der Waals surface area contributed by atoms with E-state index in [-0.39, 0.29) is 5.54 Å². The highest BCUT2D eigenvalue weighted by Gasteiger charge is 2.29. The van der Waals surface area contributed by atoms with Crippen LogP contribution >= 0.6 is 0 Å². The summed E-state index contributed by atoms with van der Waals surface area (Å²) in [5, 5.41) is 7.51. The van der Waals surface area contributed by atoms with E-state index in [0.717, 1.165) is 18.1 Å². The molecule has 2 rings (SSSR count). The van der Waals surface area contributed by atoms with Crippen LogP contribution in [0.3, 0.4) is 0 Å². The van der Waals surface area contributed by atoms with E-state index in [1.807, 2.05) is 0 Å². The zero-order valence-electron chi connectivity index (χ0n) is 10.6. The molecule has 0 radical (unpaired) electrons. The maximum Gasteiger partial charge on any atom is 0.228 e. The highest BCUT2D eigenvalue weighted by molar-refractivity contribution is 5.03. The fraction of sp³-hybridized carbons (Fsp3) is 0.833. The van der Waals surface area contributed by atoms with Gasteiger partial charge >= 0.3 is 0 Å². The molecule has 4 heteroatoms. The SMILES string of the molecule is CC(Cc1nc(C2CC2)no1)NC(C)(C)C. The van der Waals surface area contributed by atoms with E-state index in [4.69, 9.17) is 4.52 Å². The van der Waals surface area contributed by atoms with E-state index in [1.165, 1.54) is 12.8 Å². The molecule has 1 aromatic rings. The molecule has 1 fully saturated rings. The molecule has 1 atom stereocenters. The molecule has 1 aromatic heterocycles. The third kappa shape index (κ3) is 3.30. The van der Waals surface area contributed by atoms with Crippen molar-refractivity contribution >= 4 is 0 Å². The van der Waals surface area contributed by atoms with Gasteiger partial charge in [0.1, 0.15) is 0 Å². The molecule has 1 saturated carbocycles. The van der Waals surface area contributed by atoms with Crippen LogP contribution < -0.4 is 5.32 Å². The molecule has 0 saturated heterocycles. The second-order valence-corrected chi connectivity index (χ2v) is 5.82. The smallest absolute Gasteiger partial charge is 0.228 e. The van der Waals surface area contributed by atoms with Gasteiger partial charge in [-0.1, -0.05) is 5.16 Å². The van der Waals surface area contributed by atoms with Crippen molar-refractivity contribution in [1.29, 1.82) is 0 Å². The average Bonchev–Trinajstić information content (AvgIpc) is 2.85. The molecule has 0 spiro atoms. The summed E-state index contributed by atoms with van der Waals surface area (Å²) in [5.41, 5.74) is 0.124. The van der Waals surface area contributed by atoms with Crippen molar-refractivity contribution in [3.05, 3.63) is 11.7 Å². The Morgan fingerprint density at radius 2 is 2.12 bits per heavy atom. The number of hydrogen-bond acceptors (Lipinski definition) is 4. The van der Waals surface area contributed by atoms with Crippen LogP contribution in [0.5, 0.6) is 0 Å². The molecule has 0 aliphatic heterocycles. The summed E-state index contributed by atoms with van der Waals surface area (Å²) in [5.74, 6) is 2.23. The highest BCUT2D eigenvalue weighted by Crippen LogP contribution is 2.38. The molecular weight excluding hydrogens is 202 g/mol. The third-order valence-electron chi connectivity index (χ3n) is 2.59. The van der Waals surface area contributed by atoms with E-state index in [2.05, 4.69) is 43.2 Å². The number of hydrogen-bond donors (Lipinski definition) is 1. The van der Waals surface area contributed by atoms with Crippen LogP contribution in [0.1, 0.15) is 58.2 Å². The van der Waals surface area contributed by atoms with Crippen LogP contribution in [-0.2, 0) is 6.42 Å². The molecule has 0 amide bonds. The molecule has 0 aromatic carbocycles. The maximum atomic E-state index is 5.25. The van der Waals surface area contributed by atoms with Gasteiger partial charge in [0, 0.05) is 23.9 Å². The zero-order chi connectivity index (χ0) is 11.8. The van der Waals surface area contributed by atoms with Crippen molar-refractivity contribution in [1.82, 2.24) is 15.5 Å². The van der Waals surface area contributed by atoms with Gasteiger partial charge in [0.05, 0.1) is 0 Å². The van der Waals surface area contributed by atoms with E-state index in [1.54, 1.807) is 0 Å². The lowest BCUT2D eigenvalue weighted by molar-refractivity contribution is 0.326. The standard InChI is InChI=1S/C12H21N3O/c1-8(14-12(2,3)4)7-10-13-11(15-16-10)9-5-6-9/h8-9,14H,5-7H2,1-4H3. The van der Waals surface area contributed by atoms with E-state index in [9.17, 15) is 0 Å². The largest absolute Gasteiger partial charge is 0.339 e. The quantitative estimate of drug-likeness (QED) is 0.850. The normalized spacial score (nSPS) is 18.8. The molecule has 1 unspecified atom stereocenters. The molecule has 0 bridgehead atoms. The van der Waals surface area contributed by atoms with Crippen molar-refractivity contribution in [2.24, 2.45) is 0 Å². The minimum absolute atomic E-state index is 0.124. The Labute approximate surface area is 96.8 Å². The van der Waals surface area contributed by atoms with Crippen molar-refractivity contribution in [2.75, 3.05) is 0 Å². The van der Waals surface area contributed by atoms with Gasteiger partial charge in [0.2, 0.25) is 5.89 Å². The highest BCUT2D eigenvalue weighted by atomic mass is 16.5. The minimum Gasteiger partial charge on any atom is -0.339 e. The summed E-state index contributed by atoms with van der Waals surface area (Å²) < 4.78 is 5.25. The molecule has 1 N–H and O–H groups in total. The first kappa shape index (κ1) is 11.6. The average molecular weight is 223 g/mol. The fourth-order valence-corrected chi connectivity index (χ4v) is 1.91. The Morgan fingerprint density at radius 1 is 1.44 bits per heavy atom. The van der Waals surface area contributed by atoms with Crippen LogP contribution in [0.2, 0.25) is 0 Å². The van der Waals surface area contributed by atoms with Gasteiger partial charge in [0.25, 0.3) is 0 Å². The van der Waals surface area contributed by atoms with E-state index >= 15 is 0 Å². The number of nitrogens with zero attached hydrogens (tertiary/aromatic N) is 2. The summed E-state index contributed by atoms with van der Waals surface area (Å²) in [7, 11) is 0. The minimum atomic E-state index is 0.124. The monoisotopic (exact) mass is 223 g/mol. The molecule has 4 nitrogen and oxygen atoms in total. The Balaban J connectivity index is 1.87. The van der Waals surface area contributed by atoms with Gasteiger partial charge < -0.3 is 9.84 Å². The second kappa shape index (κ2) is 4.17. The summed E-state index contributed by atoms with van der Waals surface area (Å²) in [6.45, 7) is 8.62. The summed E-state index contributed by atoms with van der Waals surface area (Å²) in [6.07, 6.45) is 3.24. The van der Waals surface area contributed by atoms with Gasteiger partial charge in [-0.15, -0.1) is 0 Å². The van der Waals surface area contributed by atoms with Gasteiger partial charge in [0.15, 0.2) is 5.82 Å². The Hall–Kier alpha value is -0.900. The Kier molecular flexibility index (Phi) is 3.02. The first-order valence-electron chi connectivity index (χ1n) is 6.04. The molecule has 90 valence electrons. The predicted molar refractivity (Wildman–Crippen MR) is 62.3 cm³/mol. The van der Waals surface area contributed by atoms with E-state index in [0.29, 0.717) is 12.0 Å². The molecule has 1 aliphatic carbocycles.